The number of benzene rings is 2. The van der Waals surface area contributed by atoms with Gasteiger partial charge in [0.1, 0.15) is 11.5 Å². The molecule has 0 N–H and O–H groups in total. The average molecular weight is 486 g/mol. The Labute approximate surface area is 133 Å². The highest BCUT2D eigenvalue weighted by molar-refractivity contribution is 9.13. The molecule has 0 fully saturated rings. The molecule has 0 aliphatic heterocycles. The van der Waals surface area contributed by atoms with Gasteiger partial charge in [-0.25, -0.2) is 0 Å². The molecule has 0 radical (unpaired) electrons. The molecule has 0 atom stereocenters. The van der Waals surface area contributed by atoms with Gasteiger partial charge in [0.25, 0.3) is 0 Å². The van der Waals surface area contributed by atoms with E-state index in [1.165, 1.54) is 0 Å². The second-order valence-electron chi connectivity index (χ2n) is 3.26. The number of rotatable bonds is 2. The summed E-state index contributed by atoms with van der Waals surface area (Å²) in [7, 11) is 0. The first-order chi connectivity index (χ1) is 8.06. The van der Waals surface area contributed by atoms with Gasteiger partial charge in [0.15, 0.2) is 0 Å². The second kappa shape index (κ2) is 5.87. The van der Waals surface area contributed by atoms with E-state index in [9.17, 15) is 0 Å². The molecule has 0 saturated heterocycles. The SMILES string of the molecule is Brc1cc(Br)cc(Oc2cccc(Br)c2Br)c1. The van der Waals surface area contributed by atoms with Crippen molar-refractivity contribution in [2.75, 3.05) is 0 Å². The molecule has 2 aromatic carbocycles. The molecule has 5 heteroatoms. The van der Waals surface area contributed by atoms with Crippen LogP contribution in [0, 0.1) is 0 Å². The van der Waals surface area contributed by atoms with Crippen molar-refractivity contribution in [3.05, 3.63) is 54.3 Å². The molecule has 0 spiro atoms. The summed E-state index contributed by atoms with van der Waals surface area (Å²) in [5.41, 5.74) is 0. The first kappa shape index (κ1) is 13.6. The lowest BCUT2D eigenvalue weighted by molar-refractivity contribution is 0.478. The van der Waals surface area contributed by atoms with Gasteiger partial charge in [-0.3, -0.25) is 0 Å². The Morgan fingerprint density at radius 3 is 2.12 bits per heavy atom. The highest BCUT2D eigenvalue weighted by Crippen LogP contribution is 2.36. The summed E-state index contributed by atoms with van der Waals surface area (Å²) in [5, 5.41) is 0. The maximum Gasteiger partial charge on any atom is 0.142 e. The first-order valence-corrected chi connectivity index (χ1v) is 7.81. The Morgan fingerprint density at radius 1 is 0.824 bits per heavy atom. The lowest BCUT2D eigenvalue weighted by atomic mass is 10.3. The minimum atomic E-state index is 0.768. The molecule has 0 saturated carbocycles. The summed E-state index contributed by atoms with van der Waals surface area (Å²) in [6.07, 6.45) is 0. The van der Waals surface area contributed by atoms with E-state index in [1.807, 2.05) is 36.4 Å². The zero-order valence-corrected chi connectivity index (χ0v) is 14.7. The summed E-state index contributed by atoms with van der Waals surface area (Å²) in [6, 6.07) is 11.6. The normalized spacial score (nSPS) is 10.4. The zero-order valence-electron chi connectivity index (χ0n) is 8.38. The van der Waals surface area contributed by atoms with E-state index in [0.29, 0.717) is 0 Å². The first-order valence-electron chi connectivity index (χ1n) is 4.64. The molecule has 88 valence electrons. The van der Waals surface area contributed by atoms with Crippen LogP contribution in [0.2, 0.25) is 0 Å². The van der Waals surface area contributed by atoms with Crippen molar-refractivity contribution in [2.45, 2.75) is 0 Å². The van der Waals surface area contributed by atoms with Gasteiger partial charge >= 0.3 is 0 Å². The Morgan fingerprint density at radius 2 is 1.47 bits per heavy atom. The van der Waals surface area contributed by atoms with Gasteiger partial charge in [-0.05, 0) is 62.2 Å². The number of hydrogen-bond donors (Lipinski definition) is 0. The van der Waals surface area contributed by atoms with Crippen LogP contribution < -0.4 is 4.74 Å². The Bertz CT molecular complexity index is 534. The van der Waals surface area contributed by atoms with E-state index in [-0.39, 0.29) is 0 Å². The lowest BCUT2D eigenvalue weighted by Crippen LogP contribution is -1.86. The minimum Gasteiger partial charge on any atom is -0.456 e. The van der Waals surface area contributed by atoms with Crippen molar-refractivity contribution in [2.24, 2.45) is 0 Å². The van der Waals surface area contributed by atoms with Crippen LogP contribution >= 0.6 is 63.7 Å². The van der Waals surface area contributed by atoms with Crippen LogP contribution in [0.25, 0.3) is 0 Å². The molecule has 0 unspecified atom stereocenters. The largest absolute Gasteiger partial charge is 0.456 e. The molecular formula is C12H6Br4O. The third-order valence-corrected chi connectivity index (χ3v) is 4.91. The Kier molecular flexibility index (Phi) is 4.69. The maximum atomic E-state index is 5.81. The quantitative estimate of drug-likeness (QED) is 0.470. The molecule has 17 heavy (non-hydrogen) atoms. The summed E-state index contributed by atoms with van der Waals surface area (Å²) in [6.45, 7) is 0. The van der Waals surface area contributed by atoms with Crippen molar-refractivity contribution in [1.82, 2.24) is 0 Å². The number of ether oxygens (including phenoxy) is 1. The number of hydrogen-bond acceptors (Lipinski definition) is 1. The van der Waals surface area contributed by atoms with Crippen molar-refractivity contribution in [3.8, 4) is 11.5 Å². The van der Waals surface area contributed by atoms with Crippen molar-refractivity contribution in [1.29, 1.82) is 0 Å². The maximum absolute atomic E-state index is 5.81. The topological polar surface area (TPSA) is 9.23 Å². The minimum absolute atomic E-state index is 0.768. The van der Waals surface area contributed by atoms with Gasteiger partial charge in [-0.15, -0.1) is 0 Å². The summed E-state index contributed by atoms with van der Waals surface area (Å²) < 4.78 is 9.61. The molecule has 2 aromatic rings. The van der Waals surface area contributed by atoms with E-state index >= 15 is 0 Å². The predicted octanol–water partition coefficient (Wildman–Crippen LogP) is 6.53. The van der Waals surface area contributed by atoms with Crippen molar-refractivity contribution in [3.63, 3.8) is 0 Å². The van der Waals surface area contributed by atoms with Crippen molar-refractivity contribution < 1.29 is 4.74 Å². The van der Waals surface area contributed by atoms with Gasteiger partial charge in [0.05, 0.1) is 4.47 Å². The lowest BCUT2D eigenvalue weighted by Gasteiger charge is -2.09. The average Bonchev–Trinajstić information content (AvgIpc) is 2.23. The van der Waals surface area contributed by atoms with Crippen LogP contribution in [-0.2, 0) is 0 Å². The Balaban J connectivity index is 2.34. The van der Waals surface area contributed by atoms with Gasteiger partial charge in [0.2, 0.25) is 0 Å². The van der Waals surface area contributed by atoms with E-state index in [2.05, 4.69) is 63.7 Å². The van der Waals surface area contributed by atoms with Gasteiger partial charge in [-0.2, -0.15) is 0 Å². The standard InChI is InChI=1S/C12H6Br4O/c13-7-4-8(14)6-9(5-7)17-11-3-1-2-10(15)12(11)16/h1-6H. The molecule has 0 aromatic heterocycles. The van der Waals surface area contributed by atoms with E-state index < -0.39 is 0 Å². The third kappa shape index (κ3) is 3.56. The summed E-state index contributed by atoms with van der Waals surface area (Å²) in [5.74, 6) is 1.54. The van der Waals surface area contributed by atoms with E-state index in [4.69, 9.17) is 4.74 Å². The van der Waals surface area contributed by atoms with Crippen LogP contribution in [0.5, 0.6) is 11.5 Å². The molecule has 1 nitrogen and oxygen atoms in total. The zero-order chi connectivity index (χ0) is 12.4. The van der Waals surface area contributed by atoms with Crippen LogP contribution in [0.4, 0.5) is 0 Å². The molecule has 0 bridgehead atoms. The predicted molar refractivity (Wildman–Crippen MR) is 83.8 cm³/mol. The summed E-state index contributed by atoms with van der Waals surface area (Å²) in [4.78, 5) is 0. The van der Waals surface area contributed by atoms with Crippen molar-refractivity contribution >= 4 is 63.7 Å². The second-order valence-corrected chi connectivity index (χ2v) is 6.74. The highest BCUT2D eigenvalue weighted by atomic mass is 79.9. The van der Waals surface area contributed by atoms with Crippen LogP contribution in [0.1, 0.15) is 0 Å². The highest BCUT2D eigenvalue weighted by Gasteiger charge is 2.06. The molecule has 2 rings (SSSR count). The van der Waals surface area contributed by atoms with Gasteiger partial charge in [-0.1, -0.05) is 37.9 Å². The fourth-order valence-electron chi connectivity index (χ4n) is 1.28. The van der Waals surface area contributed by atoms with Gasteiger partial charge < -0.3 is 4.74 Å². The smallest absolute Gasteiger partial charge is 0.142 e. The molecule has 0 heterocycles. The fraction of sp³-hybridized carbons (Fsp3) is 0. The monoisotopic (exact) mass is 482 g/mol. The van der Waals surface area contributed by atoms with Crippen LogP contribution in [0.3, 0.4) is 0 Å². The van der Waals surface area contributed by atoms with Crippen LogP contribution in [0.15, 0.2) is 54.3 Å². The Hall–Kier alpha value is 0.160. The van der Waals surface area contributed by atoms with E-state index in [0.717, 1.165) is 29.4 Å². The summed E-state index contributed by atoms with van der Waals surface area (Å²) >= 11 is 13.8. The number of halogens is 4. The van der Waals surface area contributed by atoms with E-state index in [1.54, 1.807) is 0 Å². The molecule has 0 aliphatic carbocycles. The fourth-order valence-corrected chi connectivity index (χ4v) is 3.22. The van der Waals surface area contributed by atoms with Crippen LogP contribution in [-0.4, -0.2) is 0 Å². The molecule has 0 aliphatic rings. The molecule has 0 amide bonds. The molecular weight excluding hydrogens is 480 g/mol. The third-order valence-electron chi connectivity index (χ3n) is 1.98. The van der Waals surface area contributed by atoms with Gasteiger partial charge in [0, 0.05) is 13.4 Å².